The van der Waals surface area contributed by atoms with Gasteiger partial charge in [0.2, 0.25) is 0 Å². The summed E-state index contributed by atoms with van der Waals surface area (Å²) in [5.41, 5.74) is 2.49. The molecule has 1 N–H and O–H groups in total. The Labute approximate surface area is 181 Å². The third kappa shape index (κ3) is 7.38. The van der Waals surface area contributed by atoms with E-state index in [0.29, 0.717) is 19.2 Å². The number of aliphatic hydroxyl groups is 1. The highest BCUT2D eigenvalue weighted by Crippen LogP contribution is 2.22. The van der Waals surface area contributed by atoms with Crippen LogP contribution in [0.3, 0.4) is 0 Å². The fourth-order valence-electron chi connectivity index (χ4n) is 4.27. The van der Waals surface area contributed by atoms with Crippen LogP contribution in [-0.4, -0.2) is 58.8 Å². The Bertz CT molecular complexity index is 734. The van der Waals surface area contributed by atoms with Crippen molar-refractivity contribution < 1.29 is 9.84 Å². The number of hydrogen-bond acceptors (Lipinski definition) is 5. The van der Waals surface area contributed by atoms with Crippen molar-refractivity contribution in [2.24, 2.45) is 0 Å². The van der Waals surface area contributed by atoms with Crippen LogP contribution in [0.15, 0.2) is 48.8 Å². The summed E-state index contributed by atoms with van der Waals surface area (Å²) in [5.74, 6) is 0.826. The Hall–Kier alpha value is -1.95. The molecule has 0 spiro atoms. The highest BCUT2D eigenvalue weighted by atomic mass is 16.5. The first-order valence-electron chi connectivity index (χ1n) is 11.4. The number of aromatic nitrogens is 1. The van der Waals surface area contributed by atoms with E-state index in [-0.39, 0.29) is 0 Å². The Kier molecular flexibility index (Phi) is 9.12. The van der Waals surface area contributed by atoms with Crippen LogP contribution in [0.1, 0.15) is 50.2 Å². The van der Waals surface area contributed by atoms with Gasteiger partial charge in [0, 0.05) is 38.1 Å². The number of likely N-dealkylation sites (N-methyl/N-ethyl adjacent to an activating group) is 1. The molecular formula is C25H37N3O2. The maximum Gasteiger partial charge on any atom is 0.119 e. The van der Waals surface area contributed by atoms with Crippen molar-refractivity contribution in [1.82, 2.24) is 14.8 Å². The molecule has 1 saturated carbocycles. The van der Waals surface area contributed by atoms with Gasteiger partial charge in [-0.05, 0) is 61.8 Å². The molecule has 3 rings (SSSR count). The lowest BCUT2D eigenvalue weighted by Gasteiger charge is -2.32. The summed E-state index contributed by atoms with van der Waals surface area (Å²) in [6, 6.07) is 13.0. The van der Waals surface area contributed by atoms with Crippen molar-refractivity contribution in [3.8, 4) is 5.75 Å². The lowest BCUT2D eigenvalue weighted by molar-refractivity contribution is 0.0561. The zero-order valence-corrected chi connectivity index (χ0v) is 18.5. The highest BCUT2D eigenvalue weighted by molar-refractivity contribution is 5.28. The molecule has 0 radical (unpaired) electrons. The predicted molar refractivity (Wildman–Crippen MR) is 121 cm³/mol. The minimum Gasteiger partial charge on any atom is -0.491 e. The Balaban J connectivity index is 1.47. The minimum atomic E-state index is -0.473. The normalized spacial score (nSPS) is 16.2. The van der Waals surface area contributed by atoms with E-state index in [2.05, 4.69) is 53.0 Å². The van der Waals surface area contributed by atoms with Gasteiger partial charge >= 0.3 is 0 Å². The summed E-state index contributed by atoms with van der Waals surface area (Å²) < 4.78 is 5.93. The molecule has 0 aliphatic heterocycles. The van der Waals surface area contributed by atoms with E-state index in [4.69, 9.17) is 4.74 Å². The first-order valence-corrected chi connectivity index (χ1v) is 11.4. The molecule has 1 fully saturated rings. The molecule has 1 heterocycles. The first kappa shape index (κ1) is 22.7. The van der Waals surface area contributed by atoms with E-state index in [0.717, 1.165) is 25.4 Å². The Morgan fingerprint density at radius 2 is 1.80 bits per heavy atom. The number of nitrogens with zero attached hydrogens (tertiary/aromatic N) is 3. The fraction of sp³-hybridized carbons (Fsp3) is 0.560. The van der Waals surface area contributed by atoms with Crippen LogP contribution in [0.2, 0.25) is 0 Å². The molecule has 1 aliphatic carbocycles. The average Bonchev–Trinajstić information content (AvgIpc) is 2.79. The molecule has 0 unspecified atom stereocenters. The SMILES string of the molecule is CCN(Cc1ccncc1)Cc1cccc(OC[C@@H](O)CN(C)C2CCCCC2)c1. The number of pyridine rings is 1. The molecule has 1 aromatic heterocycles. The van der Waals surface area contributed by atoms with Gasteiger partial charge in [0.1, 0.15) is 18.5 Å². The molecular weight excluding hydrogens is 374 g/mol. The maximum absolute atomic E-state index is 10.4. The standard InChI is InChI=1S/C25H37N3O2/c1-3-28(17-21-12-14-26-15-13-21)18-22-8-7-11-25(16-22)30-20-24(29)19-27(2)23-9-5-4-6-10-23/h7-8,11-16,23-24,29H,3-6,9-10,17-20H2,1-2H3/t24-/m0/s1. The molecule has 0 amide bonds. The second kappa shape index (κ2) is 12.0. The molecule has 30 heavy (non-hydrogen) atoms. The van der Waals surface area contributed by atoms with Gasteiger partial charge in [-0.25, -0.2) is 0 Å². The van der Waals surface area contributed by atoms with Crippen LogP contribution >= 0.6 is 0 Å². The molecule has 1 atom stereocenters. The first-order chi connectivity index (χ1) is 14.6. The van der Waals surface area contributed by atoms with Gasteiger partial charge in [0.15, 0.2) is 0 Å². The number of benzene rings is 1. The third-order valence-electron chi connectivity index (χ3n) is 6.05. The number of rotatable bonds is 11. The van der Waals surface area contributed by atoms with Crippen molar-refractivity contribution in [2.75, 3.05) is 26.7 Å². The summed E-state index contributed by atoms with van der Waals surface area (Å²) in [5, 5.41) is 10.4. The molecule has 2 aromatic rings. The second-order valence-corrected chi connectivity index (χ2v) is 8.50. The van der Waals surface area contributed by atoms with Gasteiger partial charge in [0.25, 0.3) is 0 Å². The van der Waals surface area contributed by atoms with Crippen molar-refractivity contribution in [2.45, 2.75) is 64.3 Å². The molecule has 1 aliphatic rings. The smallest absolute Gasteiger partial charge is 0.119 e. The van der Waals surface area contributed by atoms with Crippen LogP contribution in [-0.2, 0) is 13.1 Å². The fourth-order valence-corrected chi connectivity index (χ4v) is 4.27. The van der Waals surface area contributed by atoms with E-state index in [1.165, 1.54) is 43.2 Å². The van der Waals surface area contributed by atoms with Crippen molar-refractivity contribution in [3.05, 3.63) is 59.9 Å². The van der Waals surface area contributed by atoms with Gasteiger partial charge in [0.05, 0.1) is 0 Å². The van der Waals surface area contributed by atoms with Gasteiger partial charge in [-0.3, -0.25) is 9.88 Å². The Morgan fingerprint density at radius 3 is 2.53 bits per heavy atom. The lowest BCUT2D eigenvalue weighted by Crippen LogP contribution is -2.40. The van der Waals surface area contributed by atoms with Crippen molar-refractivity contribution in [1.29, 1.82) is 0 Å². The lowest BCUT2D eigenvalue weighted by atomic mass is 9.94. The van der Waals surface area contributed by atoms with E-state index in [1.807, 2.05) is 24.5 Å². The highest BCUT2D eigenvalue weighted by Gasteiger charge is 2.20. The topological polar surface area (TPSA) is 48.8 Å². The quantitative estimate of drug-likeness (QED) is 0.603. The van der Waals surface area contributed by atoms with Crippen LogP contribution in [0, 0.1) is 0 Å². The van der Waals surface area contributed by atoms with Crippen LogP contribution in [0.5, 0.6) is 5.75 Å². The summed E-state index contributed by atoms with van der Waals surface area (Å²) in [6.45, 7) is 5.91. The van der Waals surface area contributed by atoms with E-state index >= 15 is 0 Å². The van der Waals surface area contributed by atoms with Gasteiger partial charge in [-0.15, -0.1) is 0 Å². The summed E-state index contributed by atoms with van der Waals surface area (Å²) >= 11 is 0. The minimum absolute atomic E-state index is 0.328. The van der Waals surface area contributed by atoms with Crippen molar-refractivity contribution >= 4 is 0 Å². The summed E-state index contributed by atoms with van der Waals surface area (Å²) in [7, 11) is 2.13. The molecule has 1 aromatic carbocycles. The molecule has 0 saturated heterocycles. The molecule has 5 nitrogen and oxygen atoms in total. The zero-order valence-electron chi connectivity index (χ0n) is 18.5. The van der Waals surface area contributed by atoms with Gasteiger partial charge < -0.3 is 14.7 Å². The zero-order chi connectivity index (χ0) is 21.2. The van der Waals surface area contributed by atoms with E-state index in [1.54, 1.807) is 0 Å². The molecule has 5 heteroatoms. The predicted octanol–water partition coefficient (Wildman–Crippen LogP) is 4.11. The third-order valence-corrected chi connectivity index (χ3v) is 6.05. The van der Waals surface area contributed by atoms with Crippen LogP contribution in [0.4, 0.5) is 0 Å². The average molecular weight is 412 g/mol. The van der Waals surface area contributed by atoms with Gasteiger partial charge in [-0.2, -0.15) is 0 Å². The van der Waals surface area contributed by atoms with E-state index in [9.17, 15) is 5.11 Å². The summed E-state index contributed by atoms with van der Waals surface area (Å²) in [4.78, 5) is 8.79. The van der Waals surface area contributed by atoms with Crippen molar-refractivity contribution in [3.63, 3.8) is 0 Å². The van der Waals surface area contributed by atoms with Gasteiger partial charge in [-0.1, -0.05) is 38.3 Å². The monoisotopic (exact) mass is 411 g/mol. The number of ether oxygens (including phenoxy) is 1. The largest absolute Gasteiger partial charge is 0.491 e. The molecule has 0 bridgehead atoms. The van der Waals surface area contributed by atoms with Crippen LogP contribution in [0.25, 0.3) is 0 Å². The Morgan fingerprint density at radius 1 is 1.07 bits per heavy atom. The van der Waals surface area contributed by atoms with E-state index < -0.39 is 6.10 Å². The maximum atomic E-state index is 10.4. The second-order valence-electron chi connectivity index (χ2n) is 8.50. The number of hydrogen-bond donors (Lipinski definition) is 1. The summed E-state index contributed by atoms with van der Waals surface area (Å²) in [6.07, 6.45) is 9.68. The molecule has 164 valence electrons. The number of aliphatic hydroxyl groups excluding tert-OH is 1. The van der Waals surface area contributed by atoms with Crippen LogP contribution < -0.4 is 4.74 Å².